The van der Waals surface area contributed by atoms with Crippen molar-refractivity contribution in [3.63, 3.8) is 0 Å². The number of aliphatic hydroxyl groups excluding tert-OH is 1. The molecule has 1 fully saturated rings. The first-order chi connectivity index (χ1) is 16.6. The Morgan fingerprint density at radius 1 is 0.706 bits per heavy atom. The Balaban J connectivity index is 1.28. The van der Waals surface area contributed by atoms with Crippen molar-refractivity contribution in [1.29, 1.82) is 0 Å². The van der Waals surface area contributed by atoms with Gasteiger partial charge in [-0.3, -0.25) is 9.80 Å². The molecule has 1 saturated heterocycles. The van der Waals surface area contributed by atoms with Crippen LogP contribution in [0.1, 0.15) is 49.2 Å². The molecule has 1 heterocycles. The lowest BCUT2D eigenvalue weighted by atomic mass is 10.0. The summed E-state index contributed by atoms with van der Waals surface area (Å²) < 4.78 is 6.47. The normalized spacial score (nSPS) is 20.5. The van der Waals surface area contributed by atoms with Gasteiger partial charge in [0.1, 0.15) is 6.10 Å². The molecule has 0 radical (unpaired) electrons. The summed E-state index contributed by atoms with van der Waals surface area (Å²) in [6, 6.07) is 31.9. The number of rotatable bonds is 10. The highest BCUT2D eigenvalue weighted by molar-refractivity contribution is 5.29. The molecular formula is C30H38N2O2. The topological polar surface area (TPSA) is 35.9 Å². The molecule has 4 heteroatoms. The zero-order chi connectivity index (χ0) is 23.8. The van der Waals surface area contributed by atoms with Gasteiger partial charge in [0.15, 0.2) is 0 Å². The number of aliphatic hydroxyl groups is 1. The molecule has 1 aliphatic heterocycles. The minimum atomic E-state index is -0.400. The third-order valence-electron chi connectivity index (χ3n) is 6.99. The lowest BCUT2D eigenvalue weighted by Crippen LogP contribution is -2.57. The van der Waals surface area contributed by atoms with Crippen LogP contribution in [-0.4, -0.2) is 59.8 Å². The summed E-state index contributed by atoms with van der Waals surface area (Å²) in [4.78, 5) is 5.06. The van der Waals surface area contributed by atoms with Crippen molar-refractivity contribution >= 4 is 0 Å². The van der Waals surface area contributed by atoms with Gasteiger partial charge in [-0.05, 0) is 37.0 Å². The molecule has 0 spiro atoms. The largest absolute Gasteiger partial charge is 0.388 e. The average Bonchev–Trinajstić information content (AvgIpc) is 2.89. The fourth-order valence-electron chi connectivity index (χ4n) is 4.95. The molecule has 3 aromatic carbocycles. The maximum atomic E-state index is 10.6. The van der Waals surface area contributed by atoms with Crippen molar-refractivity contribution in [2.75, 3.05) is 32.8 Å². The number of hydrogen-bond acceptors (Lipinski definition) is 4. The molecule has 3 aromatic rings. The third kappa shape index (κ3) is 6.55. The number of hydrogen-bond donors (Lipinski definition) is 1. The maximum absolute atomic E-state index is 10.6. The lowest BCUT2D eigenvalue weighted by molar-refractivity contribution is 0.00245. The van der Waals surface area contributed by atoms with E-state index in [4.69, 9.17) is 4.74 Å². The van der Waals surface area contributed by atoms with E-state index < -0.39 is 6.10 Å². The summed E-state index contributed by atoms with van der Waals surface area (Å²) in [6.07, 6.45) is 0.318. The van der Waals surface area contributed by atoms with E-state index in [9.17, 15) is 5.11 Å². The van der Waals surface area contributed by atoms with Crippen LogP contribution in [0.25, 0.3) is 0 Å². The van der Waals surface area contributed by atoms with Crippen molar-refractivity contribution in [1.82, 2.24) is 9.80 Å². The highest BCUT2D eigenvalue weighted by Crippen LogP contribution is 2.26. The first-order valence-corrected chi connectivity index (χ1v) is 12.5. The van der Waals surface area contributed by atoms with Crippen LogP contribution < -0.4 is 0 Å². The number of piperazine rings is 1. The molecule has 180 valence electrons. The molecule has 0 aliphatic carbocycles. The highest BCUT2D eigenvalue weighted by atomic mass is 16.5. The summed E-state index contributed by atoms with van der Waals surface area (Å²) in [7, 11) is 0. The molecular weight excluding hydrogens is 420 g/mol. The Morgan fingerprint density at radius 3 is 1.65 bits per heavy atom. The molecule has 0 saturated carbocycles. The fourth-order valence-corrected chi connectivity index (χ4v) is 4.95. The predicted octanol–water partition coefficient (Wildman–Crippen LogP) is 5.31. The van der Waals surface area contributed by atoms with Crippen molar-refractivity contribution in [2.45, 2.75) is 44.6 Å². The SMILES string of the molecule is C[C@@H]1CN(CCOC(c2ccccc2)c2ccccc2)[C@@H](C)CN1CCC(O)c1ccccc1. The monoisotopic (exact) mass is 458 g/mol. The lowest BCUT2D eigenvalue weighted by Gasteiger charge is -2.44. The van der Waals surface area contributed by atoms with E-state index in [2.05, 4.69) is 72.2 Å². The Bertz CT molecular complexity index is 927. The van der Waals surface area contributed by atoms with Crippen molar-refractivity contribution in [3.8, 4) is 0 Å². The van der Waals surface area contributed by atoms with Gasteiger partial charge in [-0.1, -0.05) is 91.0 Å². The van der Waals surface area contributed by atoms with Gasteiger partial charge in [-0.2, -0.15) is 0 Å². The van der Waals surface area contributed by atoms with Crippen LogP contribution in [0.3, 0.4) is 0 Å². The zero-order valence-corrected chi connectivity index (χ0v) is 20.5. The summed E-state index contributed by atoms with van der Waals surface area (Å²) in [6.45, 7) is 9.16. The number of benzene rings is 3. The van der Waals surface area contributed by atoms with Crippen LogP contribution in [0.15, 0.2) is 91.0 Å². The summed E-state index contributed by atoms with van der Waals surface area (Å²) in [5.74, 6) is 0. The van der Waals surface area contributed by atoms with Crippen LogP contribution in [0.5, 0.6) is 0 Å². The van der Waals surface area contributed by atoms with Gasteiger partial charge in [0.25, 0.3) is 0 Å². The van der Waals surface area contributed by atoms with Crippen molar-refractivity contribution < 1.29 is 9.84 Å². The Kier molecular flexibility index (Phi) is 8.89. The average molecular weight is 459 g/mol. The number of nitrogens with zero attached hydrogens (tertiary/aromatic N) is 2. The number of ether oxygens (including phenoxy) is 1. The molecule has 4 nitrogen and oxygen atoms in total. The quantitative estimate of drug-likeness (QED) is 0.447. The standard InChI is InChI=1S/C30H38N2O2/c1-24-23-32(25(2)22-31(24)19-18-29(33)26-12-6-3-7-13-26)20-21-34-30(27-14-8-4-9-15-27)28-16-10-5-11-17-28/h3-17,24-25,29-30,33H,18-23H2,1-2H3/t24-,25+,29?/m1/s1. The second-order valence-electron chi connectivity index (χ2n) is 9.48. The van der Waals surface area contributed by atoms with Crippen LogP contribution in [0.4, 0.5) is 0 Å². The van der Waals surface area contributed by atoms with Crippen LogP contribution in [-0.2, 0) is 4.74 Å². The minimum absolute atomic E-state index is 0.0455. The molecule has 1 aliphatic rings. The molecule has 1 unspecified atom stereocenters. The summed E-state index contributed by atoms with van der Waals surface area (Å²) in [5, 5.41) is 10.6. The molecule has 1 N–H and O–H groups in total. The molecule has 0 amide bonds. The van der Waals surface area contributed by atoms with Gasteiger partial charge >= 0.3 is 0 Å². The smallest absolute Gasteiger partial charge is 0.108 e. The second kappa shape index (κ2) is 12.3. The van der Waals surface area contributed by atoms with E-state index in [1.54, 1.807) is 0 Å². The van der Waals surface area contributed by atoms with E-state index >= 15 is 0 Å². The summed E-state index contributed by atoms with van der Waals surface area (Å²) in [5.41, 5.74) is 3.39. The van der Waals surface area contributed by atoms with E-state index in [0.29, 0.717) is 18.7 Å². The van der Waals surface area contributed by atoms with Crippen molar-refractivity contribution in [2.24, 2.45) is 0 Å². The van der Waals surface area contributed by atoms with Crippen LogP contribution in [0, 0.1) is 0 Å². The van der Waals surface area contributed by atoms with Crippen LogP contribution >= 0.6 is 0 Å². The first kappa shape index (κ1) is 24.6. The van der Waals surface area contributed by atoms with Crippen LogP contribution in [0.2, 0.25) is 0 Å². The Morgan fingerprint density at radius 2 is 1.15 bits per heavy atom. The molecule has 3 atom stereocenters. The van der Waals surface area contributed by atoms with Gasteiger partial charge in [-0.25, -0.2) is 0 Å². The van der Waals surface area contributed by atoms with Gasteiger partial charge in [-0.15, -0.1) is 0 Å². The zero-order valence-electron chi connectivity index (χ0n) is 20.5. The molecule has 34 heavy (non-hydrogen) atoms. The first-order valence-electron chi connectivity index (χ1n) is 12.5. The third-order valence-corrected chi connectivity index (χ3v) is 6.99. The van der Waals surface area contributed by atoms with Gasteiger partial charge in [0, 0.05) is 38.3 Å². The Hall–Kier alpha value is -2.50. The van der Waals surface area contributed by atoms with Gasteiger partial charge < -0.3 is 9.84 Å². The van der Waals surface area contributed by atoms with Crippen molar-refractivity contribution in [3.05, 3.63) is 108 Å². The molecule has 0 bridgehead atoms. The second-order valence-corrected chi connectivity index (χ2v) is 9.48. The minimum Gasteiger partial charge on any atom is -0.388 e. The Labute approximate surface area is 204 Å². The van der Waals surface area contributed by atoms with Gasteiger partial charge in [0.2, 0.25) is 0 Å². The van der Waals surface area contributed by atoms with Gasteiger partial charge in [0.05, 0.1) is 12.7 Å². The fraction of sp³-hybridized carbons (Fsp3) is 0.400. The summed E-state index contributed by atoms with van der Waals surface area (Å²) >= 11 is 0. The van der Waals surface area contributed by atoms with E-state index in [-0.39, 0.29) is 6.10 Å². The molecule has 4 rings (SSSR count). The molecule has 0 aromatic heterocycles. The maximum Gasteiger partial charge on any atom is 0.108 e. The predicted molar refractivity (Wildman–Crippen MR) is 139 cm³/mol. The highest BCUT2D eigenvalue weighted by Gasteiger charge is 2.29. The van der Waals surface area contributed by atoms with E-state index in [1.165, 1.54) is 11.1 Å². The van der Waals surface area contributed by atoms with E-state index in [1.807, 2.05) is 42.5 Å². The van der Waals surface area contributed by atoms with E-state index in [0.717, 1.165) is 38.2 Å².